The van der Waals surface area contributed by atoms with Crippen molar-refractivity contribution in [3.8, 4) is 0 Å². The lowest BCUT2D eigenvalue weighted by atomic mass is 10.1. The first-order valence-corrected chi connectivity index (χ1v) is 6.51. The molecule has 0 saturated heterocycles. The predicted molar refractivity (Wildman–Crippen MR) is 64.9 cm³/mol. The maximum Gasteiger partial charge on any atom is 0.0947 e. The SMILES string of the molecule is Cc1csc(CC(NN)c2ccsc2)n1. The van der Waals surface area contributed by atoms with Gasteiger partial charge in [0, 0.05) is 17.5 Å². The molecular weight excluding hydrogens is 226 g/mol. The van der Waals surface area contributed by atoms with Crippen molar-refractivity contribution in [1.29, 1.82) is 0 Å². The van der Waals surface area contributed by atoms with Gasteiger partial charge in [0.05, 0.1) is 11.0 Å². The van der Waals surface area contributed by atoms with Crippen LogP contribution in [-0.4, -0.2) is 4.98 Å². The Labute approximate surface area is 96.9 Å². The fourth-order valence-corrected chi connectivity index (χ4v) is 2.95. The van der Waals surface area contributed by atoms with Gasteiger partial charge in [-0.15, -0.1) is 11.3 Å². The molecule has 0 amide bonds. The van der Waals surface area contributed by atoms with E-state index in [0.29, 0.717) is 0 Å². The molecule has 80 valence electrons. The second-order valence-electron chi connectivity index (χ2n) is 3.36. The summed E-state index contributed by atoms with van der Waals surface area (Å²) in [5, 5.41) is 7.37. The zero-order chi connectivity index (χ0) is 10.7. The summed E-state index contributed by atoms with van der Waals surface area (Å²) >= 11 is 3.37. The van der Waals surface area contributed by atoms with Crippen LogP contribution in [0.1, 0.15) is 22.3 Å². The number of thiazole rings is 1. The van der Waals surface area contributed by atoms with E-state index >= 15 is 0 Å². The minimum absolute atomic E-state index is 0.168. The van der Waals surface area contributed by atoms with Crippen molar-refractivity contribution < 1.29 is 0 Å². The molecule has 0 aliphatic rings. The third-order valence-electron chi connectivity index (χ3n) is 2.19. The van der Waals surface area contributed by atoms with Crippen LogP contribution in [0.2, 0.25) is 0 Å². The van der Waals surface area contributed by atoms with E-state index in [0.717, 1.165) is 17.1 Å². The number of hydrogen-bond acceptors (Lipinski definition) is 5. The largest absolute Gasteiger partial charge is 0.271 e. The summed E-state index contributed by atoms with van der Waals surface area (Å²) in [6.45, 7) is 2.01. The molecule has 0 radical (unpaired) electrons. The third kappa shape index (κ3) is 2.63. The first-order valence-electron chi connectivity index (χ1n) is 4.69. The third-order valence-corrected chi connectivity index (χ3v) is 3.88. The number of hydrogen-bond donors (Lipinski definition) is 2. The van der Waals surface area contributed by atoms with E-state index in [4.69, 9.17) is 5.84 Å². The summed E-state index contributed by atoms with van der Waals surface area (Å²) in [6, 6.07) is 2.26. The predicted octanol–water partition coefficient (Wildman–Crippen LogP) is 2.26. The monoisotopic (exact) mass is 239 g/mol. The Hall–Kier alpha value is -0.750. The molecule has 5 heteroatoms. The minimum Gasteiger partial charge on any atom is -0.271 e. The van der Waals surface area contributed by atoms with Crippen LogP contribution >= 0.6 is 22.7 Å². The number of aromatic nitrogens is 1. The molecule has 0 spiro atoms. The molecule has 0 aliphatic heterocycles. The molecule has 0 aliphatic carbocycles. The number of nitrogens with two attached hydrogens (primary N) is 1. The summed E-state index contributed by atoms with van der Waals surface area (Å²) in [5.41, 5.74) is 5.15. The second kappa shape index (κ2) is 4.85. The highest BCUT2D eigenvalue weighted by molar-refractivity contribution is 7.09. The Kier molecular flexibility index (Phi) is 3.48. The van der Waals surface area contributed by atoms with Crippen LogP contribution in [0, 0.1) is 6.92 Å². The number of nitrogens with one attached hydrogen (secondary N) is 1. The van der Waals surface area contributed by atoms with Crippen LogP contribution in [0.3, 0.4) is 0 Å². The quantitative estimate of drug-likeness (QED) is 0.635. The van der Waals surface area contributed by atoms with Crippen molar-refractivity contribution in [2.45, 2.75) is 19.4 Å². The van der Waals surface area contributed by atoms with Gasteiger partial charge in [-0.05, 0) is 29.3 Å². The van der Waals surface area contributed by atoms with Crippen molar-refractivity contribution >= 4 is 22.7 Å². The Morgan fingerprint density at radius 3 is 2.93 bits per heavy atom. The molecule has 0 fully saturated rings. The highest BCUT2D eigenvalue weighted by atomic mass is 32.1. The van der Waals surface area contributed by atoms with Gasteiger partial charge in [0.15, 0.2) is 0 Å². The Balaban J connectivity index is 2.09. The Morgan fingerprint density at radius 1 is 1.53 bits per heavy atom. The lowest BCUT2D eigenvalue weighted by Gasteiger charge is -2.12. The van der Waals surface area contributed by atoms with E-state index in [9.17, 15) is 0 Å². The lowest BCUT2D eigenvalue weighted by molar-refractivity contribution is 0.552. The molecule has 0 saturated carbocycles. The average Bonchev–Trinajstić information content (AvgIpc) is 2.85. The highest BCUT2D eigenvalue weighted by Crippen LogP contribution is 2.21. The molecule has 1 atom stereocenters. The molecule has 15 heavy (non-hydrogen) atoms. The first kappa shape index (κ1) is 10.8. The number of hydrazine groups is 1. The number of aryl methyl sites for hydroxylation is 1. The van der Waals surface area contributed by atoms with Gasteiger partial charge >= 0.3 is 0 Å². The number of nitrogens with zero attached hydrogens (tertiary/aromatic N) is 1. The van der Waals surface area contributed by atoms with E-state index in [2.05, 4.69) is 32.6 Å². The topological polar surface area (TPSA) is 50.9 Å². The number of thiophene rings is 1. The zero-order valence-corrected chi connectivity index (χ0v) is 10.1. The smallest absolute Gasteiger partial charge is 0.0947 e. The fraction of sp³-hybridized carbons (Fsp3) is 0.300. The first-order chi connectivity index (χ1) is 7.29. The molecule has 0 bridgehead atoms. The van der Waals surface area contributed by atoms with Crippen molar-refractivity contribution in [2.75, 3.05) is 0 Å². The van der Waals surface area contributed by atoms with Gasteiger partial charge in [0.2, 0.25) is 0 Å². The fourth-order valence-electron chi connectivity index (χ4n) is 1.42. The zero-order valence-electron chi connectivity index (χ0n) is 8.43. The Morgan fingerprint density at radius 2 is 2.40 bits per heavy atom. The van der Waals surface area contributed by atoms with Gasteiger partial charge < -0.3 is 0 Å². The van der Waals surface area contributed by atoms with Gasteiger partial charge in [0.1, 0.15) is 0 Å². The van der Waals surface area contributed by atoms with Gasteiger partial charge in [0.25, 0.3) is 0 Å². The molecule has 3 nitrogen and oxygen atoms in total. The van der Waals surface area contributed by atoms with Crippen LogP contribution in [0.4, 0.5) is 0 Å². The molecule has 0 aromatic carbocycles. The van der Waals surface area contributed by atoms with Crippen LogP contribution < -0.4 is 11.3 Å². The van der Waals surface area contributed by atoms with Crippen LogP contribution in [0.15, 0.2) is 22.2 Å². The average molecular weight is 239 g/mol. The summed E-state index contributed by atoms with van der Waals surface area (Å²) in [4.78, 5) is 4.43. The van der Waals surface area contributed by atoms with Gasteiger partial charge in [-0.2, -0.15) is 11.3 Å². The summed E-state index contributed by atoms with van der Waals surface area (Å²) in [7, 11) is 0. The van der Waals surface area contributed by atoms with E-state index in [1.807, 2.05) is 6.92 Å². The summed E-state index contributed by atoms with van der Waals surface area (Å²) in [6.07, 6.45) is 0.853. The minimum atomic E-state index is 0.168. The molecule has 2 aromatic heterocycles. The van der Waals surface area contributed by atoms with E-state index in [1.54, 1.807) is 22.7 Å². The summed E-state index contributed by atoms with van der Waals surface area (Å²) in [5.74, 6) is 5.55. The van der Waals surface area contributed by atoms with Crippen molar-refractivity contribution in [1.82, 2.24) is 10.4 Å². The lowest BCUT2D eigenvalue weighted by Crippen LogP contribution is -2.29. The van der Waals surface area contributed by atoms with Crippen molar-refractivity contribution in [3.63, 3.8) is 0 Å². The van der Waals surface area contributed by atoms with Crippen LogP contribution in [-0.2, 0) is 6.42 Å². The maximum absolute atomic E-state index is 5.55. The second-order valence-corrected chi connectivity index (χ2v) is 5.09. The maximum atomic E-state index is 5.55. The van der Waals surface area contributed by atoms with E-state index < -0.39 is 0 Å². The highest BCUT2D eigenvalue weighted by Gasteiger charge is 2.12. The standard InChI is InChI=1S/C10H13N3S2/c1-7-5-15-10(12-7)4-9(13-11)8-2-3-14-6-8/h2-3,5-6,9,13H,4,11H2,1H3. The van der Waals surface area contributed by atoms with Gasteiger partial charge in [-0.1, -0.05) is 0 Å². The molecule has 2 rings (SSSR count). The molecular formula is C10H13N3S2. The van der Waals surface area contributed by atoms with Crippen molar-refractivity contribution in [2.24, 2.45) is 5.84 Å². The summed E-state index contributed by atoms with van der Waals surface area (Å²) < 4.78 is 0. The number of rotatable bonds is 4. The Bertz CT molecular complexity index is 408. The van der Waals surface area contributed by atoms with Crippen LogP contribution in [0.5, 0.6) is 0 Å². The van der Waals surface area contributed by atoms with E-state index in [-0.39, 0.29) is 6.04 Å². The molecule has 2 aromatic rings. The molecule has 3 N–H and O–H groups in total. The normalized spacial score (nSPS) is 12.9. The van der Waals surface area contributed by atoms with Crippen LogP contribution in [0.25, 0.3) is 0 Å². The van der Waals surface area contributed by atoms with Gasteiger partial charge in [-0.25, -0.2) is 4.98 Å². The molecule has 1 unspecified atom stereocenters. The van der Waals surface area contributed by atoms with Crippen molar-refractivity contribution in [3.05, 3.63) is 38.5 Å². The van der Waals surface area contributed by atoms with Gasteiger partial charge in [-0.3, -0.25) is 11.3 Å². The molecule has 2 heterocycles. The van der Waals surface area contributed by atoms with E-state index in [1.165, 1.54) is 5.56 Å².